The van der Waals surface area contributed by atoms with Crippen LogP contribution in [0.4, 0.5) is 8.78 Å². The smallest absolute Gasteiger partial charge is 0.205 e. The van der Waals surface area contributed by atoms with E-state index < -0.39 is 11.8 Å². The first-order valence-corrected chi connectivity index (χ1v) is 9.49. The summed E-state index contributed by atoms with van der Waals surface area (Å²) in [5, 5.41) is -0.0161. The number of hydrogen-bond donors (Lipinski definition) is 0. The number of pyridine rings is 1. The lowest BCUT2D eigenvalue weighted by Gasteiger charge is -2.32. The zero-order valence-corrected chi connectivity index (χ0v) is 15.5. The topological polar surface area (TPSA) is 12.9 Å². The second kappa shape index (κ2) is 7.82. The van der Waals surface area contributed by atoms with E-state index >= 15 is 0 Å². The van der Waals surface area contributed by atoms with E-state index in [1.54, 1.807) is 0 Å². The Kier molecular flexibility index (Phi) is 5.73. The molecule has 25 heavy (non-hydrogen) atoms. The van der Waals surface area contributed by atoms with Crippen molar-refractivity contribution in [3.63, 3.8) is 0 Å². The second-order valence-electron chi connectivity index (χ2n) is 7.20. The van der Waals surface area contributed by atoms with Gasteiger partial charge < -0.3 is 0 Å². The normalized spacial score (nSPS) is 22.0. The van der Waals surface area contributed by atoms with Gasteiger partial charge in [0, 0.05) is 5.56 Å². The summed E-state index contributed by atoms with van der Waals surface area (Å²) in [5.41, 5.74) is 2.46. The van der Waals surface area contributed by atoms with Gasteiger partial charge in [-0.3, -0.25) is 0 Å². The number of halogens is 3. The molecular weight excluding hydrogens is 340 g/mol. The third-order valence-electron chi connectivity index (χ3n) is 5.81. The van der Waals surface area contributed by atoms with Gasteiger partial charge in [0.2, 0.25) is 5.95 Å². The van der Waals surface area contributed by atoms with Crippen molar-refractivity contribution in [2.75, 3.05) is 0 Å². The molecule has 0 amide bonds. The number of hydrogen-bond acceptors (Lipinski definition) is 1. The van der Waals surface area contributed by atoms with Crippen LogP contribution in [0, 0.1) is 23.6 Å². The Balaban J connectivity index is 1.75. The van der Waals surface area contributed by atoms with Gasteiger partial charge in [-0.15, -0.1) is 0 Å². The molecule has 1 unspecified atom stereocenters. The van der Waals surface area contributed by atoms with Crippen molar-refractivity contribution in [3.8, 4) is 11.1 Å². The Morgan fingerprint density at radius 1 is 1.12 bits per heavy atom. The Morgan fingerprint density at radius 2 is 1.76 bits per heavy atom. The maximum Gasteiger partial charge on any atom is 0.250 e. The molecule has 0 saturated heterocycles. The molecule has 1 heterocycles. The van der Waals surface area contributed by atoms with Crippen LogP contribution in [-0.2, 0) is 0 Å². The Labute approximate surface area is 153 Å². The van der Waals surface area contributed by atoms with Gasteiger partial charge in [-0.2, -0.15) is 4.39 Å². The quantitative estimate of drug-likeness (QED) is 0.533. The first-order valence-electron chi connectivity index (χ1n) is 9.11. The number of aromatic nitrogens is 1. The highest BCUT2D eigenvalue weighted by Gasteiger charge is 2.25. The average Bonchev–Trinajstić information content (AvgIpc) is 2.64. The molecule has 0 radical (unpaired) electrons. The van der Waals surface area contributed by atoms with Gasteiger partial charge in [-0.1, -0.05) is 69.0 Å². The van der Waals surface area contributed by atoms with Gasteiger partial charge >= 0.3 is 0 Å². The third kappa shape index (κ3) is 4.03. The van der Waals surface area contributed by atoms with Crippen LogP contribution in [0.15, 0.2) is 30.3 Å². The van der Waals surface area contributed by atoms with E-state index in [-0.39, 0.29) is 5.15 Å². The van der Waals surface area contributed by atoms with Crippen molar-refractivity contribution in [1.29, 1.82) is 0 Å². The van der Waals surface area contributed by atoms with E-state index in [1.165, 1.54) is 37.7 Å². The fourth-order valence-electron chi connectivity index (χ4n) is 3.98. The fraction of sp³-hybridized carbons (Fsp3) is 0.476. The monoisotopic (exact) mass is 363 g/mol. The Hall–Kier alpha value is -1.48. The minimum atomic E-state index is -1.17. The highest BCUT2D eigenvalue weighted by atomic mass is 35.5. The molecule has 1 saturated carbocycles. The molecule has 134 valence electrons. The van der Waals surface area contributed by atoms with Crippen molar-refractivity contribution in [1.82, 2.24) is 4.98 Å². The first-order chi connectivity index (χ1) is 12.0. The Bertz CT molecular complexity index is 721. The molecule has 1 aromatic carbocycles. The molecule has 4 heteroatoms. The van der Waals surface area contributed by atoms with Crippen LogP contribution in [0.3, 0.4) is 0 Å². The lowest BCUT2D eigenvalue weighted by molar-refractivity contribution is 0.244. The van der Waals surface area contributed by atoms with Gasteiger partial charge in [0.25, 0.3) is 0 Å². The van der Waals surface area contributed by atoms with Crippen molar-refractivity contribution in [2.24, 2.45) is 11.8 Å². The summed E-state index contributed by atoms with van der Waals surface area (Å²) in [5.74, 6) is -0.0207. The standard InChI is InChI=1S/C21H24ClF2N/c1-3-14-4-6-15(7-5-14)13(2)16-8-10-17(11-9-16)18-12-19(23)21(24)25-20(18)22/h8-15H,3-7H2,1-2H3. The SMILES string of the molecule is CCC1CCC(C(C)c2ccc(-c3cc(F)c(F)nc3Cl)cc2)CC1. The molecule has 0 N–H and O–H groups in total. The van der Waals surface area contributed by atoms with Crippen LogP contribution in [0.5, 0.6) is 0 Å². The number of rotatable bonds is 4. The molecule has 1 nitrogen and oxygen atoms in total. The molecule has 1 atom stereocenters. The maximum atomic E-state index is 13.5. The number of nitrogens with zero attached hydrogens (tertiary/aromatic N) is 1. The summed E-state index contributed by atoms with van der Waals surface area (Å²) in [7, 11) is 0. The van der Waals surface area contributed by atoms with E-state index in [0.29, 0.717) is 11.5 Å². The molecule has 1 aliphatic carbocycles. The summed E-state index contributed by atoms with van der Waals surface area (Å²) in [6.45, 7) is 4.57. The van der Waals surface area contributed by atoms with Gasteiger partial charge in [0.05, 0.1) is 0 Å². The highest BCUT2D eigenvalue weighted by molar-refractivity contribution is 6.32. The maximum absolute atomic E-state index is 13.5. The number of benzene rings is 1. The van der Waals surface area contributed by atoms with Crippen molar-refractivity contribution in [3.05, 3.63) is 52.8 Å². The lowest BCUT2D eigenvalue weighted by Crippen LogP contribution is -2.18. The minimum Gasteiger partial charge on any atom is -0.205 e. The zero-order valence-electron chi connectivity index (χ0n) is 14.7. The molecule has 1 aliphatic rings. The van der Waals surface area contributed by atoms with Crippen molar-refractivity contribution >= 4 is 11.6 Å². The van der Waals surface area contributed by atoms with Crippen LogP contribution in [-0.4, -0.2) is 4.98 Å². The molecule has 0 spiro atoms. The van der Waals surface area contributed by atoms with Crippen LogP contribution in [0.25, 0.3) is 11.1 Å². The van der Waals surface area contributed by atoms with Crippen molar-refractivity contribution < 1.29 is 8.78 Å². The fourth-order valence-corrected chi connectivity index (χ4v) is 4.22. The van der Waals surface area contributed by atoms with Gasteiger partial charge in [-0.25, -0.2) is 9.37 Å². The summed E-state index contributed by atoms with van der Waals surface area (Å²) in [4.78, 5) is 3.42. The molecule has 0 aliphatic heterocycles. The van der Waals surface area contributed by atoms with E-state index in [2.05, 4.69) is 31.0 Å². The molecule has 0 bridgehead atoms. The zero-order chi connectivity index (χ0) is 18.0. The predicted molar refractivity (Wildman–Crippen MR) is 98.8 cm³/mol. The summed E-state index contributed by atoms with van der Waals surface area (Å²) >= 11 is 5.97. The van der Waals surface area contributed by atoms with E-state index in [1.807, 2.05) is 12.1 Å². The van der Waals surface area contributed by atoms with Gasteiger partial charge in [-0.05, 0) is 47.8 Å². The van der Waals surface area contributed by atoms with Crippen LogP contribution in [0.2, 0.25) is 5.15 Å². The first kappa shape index (κ1) is 18.3. The lowest BCUT2D eigenvalue weighted by atomic mass is 9.73. The van der Waals surface area contributed by atoms with E-state index in [0.717, 1.165) is 23.5 Å². The second-order valence-corrected chi connectivity index (χ2v) is 7.56. The van der Waals surface area contributed by atoms with E-state index in [9.17, 15) is 8.78 Å². The summed E-state index contributed by atoms with van der Waals surface area (Å²) in [6, 6.07) is 9.09. The Morgan fingerprint density at radius 3 is 2.36 bits per heavy atom. The van der Waals surface area contributed by atoms with Crippen molar-refractivity contribution in [2.45, 2.75) is 51.9 Å². The predicted octanol–water partition coefficient (Wildman–Crippen LogP) is 7.00. The molecular formula is C21H24ClF2N. The minimum absolute atomic E-state index is 0.0161. The van der Waals surface area contributed by atoms with Gasteiger partial charge in [0.1, 0.15) is 5.15 Å². The van der Waals surface area contributed by atoms with Gasteiger partial charge in [0.15, 0.2) is 5.82 Å². The largest absolute Gasteiger partial charge is 0.250 e. The average molecular weight is 364 g/mol. The highest BCUT2D eigenvalue weighted by Crippen LogP contribution is 2.39. The third-order valence-corrected chi connectivity index (χ3v) is 6.10. The van der Waals surface area contributed by atoms with E-state index in [4.69, 9.17) is 11.6 Å². The molecule has 2 aromatic rings. The summed E-state index contributed by atoms with van der Waals surface area (Å²) < 4.78 is 26.6. The van der Waals surface area contributed by atoms with Crippen LogP contribution >= 0.6 is 11.6 Å². The molecule has 3 rings (SSSR count). The van der Waals surface area contributed by atoms with Crippen LogP contribution in [0.1, 0.15) is 57.4 Å². The molecule has 1 aromatic heterocycles. The van der Waals surface area contributed by atoms with Crippen LogP contribution < -0.4 is 0 Å². The summed E-state index contributed by atoms with van der Waals surface area (Å²) in [6.07, 6.45) is 6.54. The molecule has 1 fully saturated rings.